The van der Waals surface area contributed by atoms with Crippen molar-refractivity contribution in [3.8, 4) is 0 Å². The Kier molecular flexibility index (Phi) is 3.57. The predicted molar refractivity (Wildman–Crippen MR) is 71.0 cm³/mol. The first-order chi connectivity index (χ1) is 8.68. The highest BCUT2D eigenvalue weighted by molar-refractivity contribution is 5.93. The first-order valence-corrected chi connectivity index (χ1v) is 5.71. The molecule has 4 heteroatoms. The zero-order chi connectivity index (χ0) is 13.0. The second-order valence-electron chi connectivity index (χ2n) is 4.05. The standard InChI is InChI=1S/C14H15N3O/c1-10-5-4-8-16-13(10)14(18)17-9-11-6-2-3-7-12(11)15/h2-8H,9,15H2,1H3,(H,17,18). The molecule has 1 aromatic carbocycles. The van der Waals surface area contributed by atoms with E-state index in [9.17, 15) is 4.79 Å². The minimum atomic E-state index is -0.184. The van der Waals surface area contributed by atoms with E-state index in [1.54, 1.807) is 12.3 Å². The van der Waals surface area contributed by atoms with Crippen molar-refractivity contribution in [1.29, 1.82) is 0 Å². The van der Waals surface area contributed by atoms with Crippen molar-refractivity contribution in [1.82, 2.24) is 10.3 Å². The normalized spacial score (nSPS) is 10.1. The summed E-state index contributed by atoms with van der Waals surface area (Å²) in [6, 6.07) is 11.1. The third-order valence-electron chi connectivity index (χ3n) is 2.72. The second kappa shape index (κ2) is 5.31. The minimum absolute atomic E-state index is 0.184. The van der Waals surface area contributed by atoms with Gasteiger partial charge in [-0.1, -0.05) is 24.3 Å². The summed E-state index contributed by atoms with van der Waals surface area (Å²) in [6.07, 6.45) is 1.61. The molecule has 0 atom stereocenters. The molecule has 2 aromatic rings. The molecule has 0 unspecified atom stereocenters. The molecule has 1 heterocycles. The van der Waals surface area contributed by atoms with Gasteiger partial charge in [0.25, 0.3) is 5.91 Å². The van der Waals surface area contributed by atoms with Gasteiger partial charge in [0.05, 0.1) is 0 Å². The Bertz CT molecular complexity index is 566. The molecule has 1 aromatic heterocycles. The number of hydrogen-bond donors (Lipinski definition) is 2. The van der Waals surface area contributed by atoms with E-state index < -0.39 is 0 Å². The number of nitrogens with one attached hydrogen (secondary N) is 1. The summed E-state index contributed by atoms with van der Waals surface area (Å²) in [5.41, 5.74) is 8.70. The van der Waals surface area contributed by atoms with Crippen LogP contribution in [0.25, 0.3) is 0 Å². The van der Waals surface area contributed by atoms with Crippen molar-refractivity contribution in [3.05, 3.63) is 59.4 Å². The van der Waals surface area contributed by atoms with Crippen LogP contribution in [0.5, 0.6) is 0 Å². The molecule has 0 fully saturated rings. The van der Waals surface area contributed by atoms with Crippen molar-refractivity contribution in [2.75, 3.05) is 5.73 Å². The Morgan fingerprint density at radius 3 is 2.78 bits per heavy atom. The van der Waals surface area contributed by atoms with Crippen LogP contribution in [0.4, 0.5) is 5.69 Å². The maximum Gasteiger partial charge on any atom is 0.270 e. The lowest BCUT2D eigenvalue weighted by Crippen LogP contribution is -2.25. The SMILES string of the molecule is Cc1cccnc1C(=O)NCc1ccccc1N. The number of pyridine rings is 1. The van der Waals surface area contributed by atoms with Gasteiger partial charge in [-0.25, -0.2) is 0 Å². The fourth-order valence-corrected chi connectivity index (χ4v) is 1.68. The zero-order valence-electron chi connectivity index (χ0n) is 10.2. The van der Waals surface area contributed by atoms with Gasteiger partial charge in [0.15, 0.2) is 0 Å². The van der Waals surface area contributed by atoms with E-state index in [1.807, 2.05) is 37.3 Å². The summed E-state index contributed by atoms with van der Waals surface area (Å²) in [5.74, 6) is -0.184. The highest BCUT2D eigenvalue weighted by atomic mass is 16.1. The Balaban J connectivity index is 2.06. The van der Waals surface area contributed by atoms with Crippen LogP contribution in [-0.2, 0) is 6.54 Å². The Labute approximate surface area is 106 Å². The van der Waals surface area contributed by atoms with E-state index in [0.29, 0.717) is 17.9 Å². The number of carbonyl (C=O) groups excluding carboxylic acids is 1. The first-order valence-electron chi connectivity index (χ1n) is 5.71. The molecule has 1 amide bonds. The number of nitrogen functional groups attached to an aromatic ring is 1. The Hall–Kier alpha value is -2.36. The smallest absolute Gasteiger partial charge is 0.270 e. The van der Waals surface area contributed by atoms with Gasteiger partial charge in [-0.3, -0.25) is 9.78 Å². The van der Waals surface area contributed by atoms with Gasteiger partial charge in [-0.2, -0.15) is 0 Å². The molecule has 0 saturated carbocycles. The van der Waals surface area contributed by atoms with Crippen LogP contribution in [0.15, 0.2) is 42.6 Å². The summed E-state index contributed by atoms with van der Waals surface area (Å²) in [4.78, 5) is 16.0. The number of aryl methyl sites for hydroxylation is 1. The summed E-state index contributed by atoms with van der Waals surface area (Å²) in [6.45, 7) is 2.26. The summed E-state index contributed by atoms with van der Waals surface area (Å²) >= 11 is 0. The average Bonchev–Trinajstić information content (AvgIpc) is 2.38. The van der Waals surface area contributed by atoms with Crippen LogP contribution in [0.2, 0.25) is 0 Å². The van der Waals surface area contributed by atoms with Crippen molar-refractivity contribution in [3.63, 3.8) is 0 Å². The first kappa shape index (κ1) is 12.1. The van der Waals surface area contributed by atoms with Gasteiger partial charge in [-0.15, -0.1) is 0 Å². The number of nitrogens with two attached hydrogens (primary N) is 1. The van der Waals surface area contributed by atoms with Gasteiger partial charge in [-0.05, 0) is 30.2 Å². The topological polar surface area (TPSA) is 68.0 Å². The van der Waals surface area contributed by atoms with E-state index in [1.165, 1.54) is 0 Å². The number of anilines is 1. The lowest BCUT2D eigenvalue weighted by atomic mass is 10.1. The lowest BCUT2D eigenvalue weighted by Gasteiger charge is -2.08. The van der Waals surface area contributed by atoms with Crippen molar-refractivity contribution >= 4 is 11.6 Å². The largest absolute Gasteiger partial charge is 0.398 e. The molecule has 3 N–H and O–H groups in total. The zero-order valence-corrected chi connectivity index (χ0v) is 10.2. The number of aromatic nitrogens is 1. The lowest BCUT2D eigenvalue weighted by molar-refractivity contribution is 0.0945. The molecule has 0 aliphatic carbocycles. The number of para-hydroxylation sites is 1. The Morgan fingerprint density at radius 1 is 1.28 bits per heavy atom. The van der Waals surface area contributed by atoms with Crippen molar-refractivity contribution in [2.24, 2.45) is 0 Å². The van der Waals surface area contributed by atoms with Crippen LogP contribution in [0.3, 0.4) is 0 Å². The van der Waals surface area contributed by atoms with Gasteiger partial charge >= 0.3 is 0 Å². The maximum atomic E-state index is 11.9. The molecule has 2 rings (SSSR count). The van der Waals surface area contributed by atoms with Gasteiger partial charge in [0.2, 0.25) is 0 Å². The molecule has 0 saturated heterocycles. The number of benzene rings is 1. The van der Waals surface area contributed by atoms with Crippen molar-refractivity contribution < 1.29 is 4.79 Å². The van der Waals surface area contributed by atoms with Crippen LogP contribution >= 0.6 is 0 Å². The van der Waals surface area contributed by atoms with Crippen LogP contribution in [0, 0.1) is 6.92 Å². The summed E-state index contributed by atoms with van der Waals surface area (Å²) in [5, 5.41) is 2.82. The van der Waals surface area contributed by atoms with E-state index in [0.717, 1.165) is 11.1 Å². The summed E-state index contributed by atoms with van der Waals surface area (Å²) in [7, 11) is 0. The molecule has 4 nitrogen and oxygen atoms in total. The predicted octanol–water partition coefficient (Wildman–Crippen LogP) is 1.90. The average molecular weight is 241 g/mol. The second-order valence-corrected chi connectivity index (χ2v) is 4.05. The third kappa shape index (κ3) is 2.66. The fourth-order valence-electron chi connectivity index (χ4n) is 1.68. The number of amides is 1. The quantitative estimate of drug-likeness (QED) is 0.806. The Morgan fingerprint density at radius 2 is 2.06 bits per heavy atom. The molecule has 0 aliphatic rings. The minimum Gasteiger partial charge on any atom is -0.398 e. The third-order valence-corrected chi connectivity index (χ3v) is 2.72. The molecule has 0 radical (unpaired) electrons. The molecule has 0 bridgehead atoms. The van der Waals surface area contributed by atoms with E-state index in [-0.39, 0.29) is 5.91 Å². The number of hydrogen-bond acceptors (Lipinski definition) is 3. The highest BCUT2D eigenvalue weighted by Crippen LogP contribution is 2.10. The number of rotatable bonds is 3. The highest BCUT2D eigenvalue weighted by Gasteiger charge is 2.09. The molecule has 92 valence electrons. The molecular formula is C14H15N3O. The van der Waals surface area contributed by atoms with E-state index in [2.05, 4.69) is 10.3 Å². The van der Waals surface area contributed by atoms with Gasteiger partial charge < -0.3 is 11.1 Å². The van der Waals surface area contributed by atoms with Crippen LogP contribution in [-0.4, -0.2) is 10.9 Å². The summed E-state index contributed by atoms with van der Waals surface area (Å²) < 4.78 is 0. The van der Waals surface area contributed by atoms with Crippen LogP contribution < -0.4 is 11.1 Å². The molecule has 0 spiro atoms. The molecular weight excluding hydrogens is 226 g/mol. The van der Waals surface area contributed by atoms with E-state index in [4.69, 9.17) is 5.73 Å². The number of carbonyl (C=O) groups is 1. The van der Waals surface area contributed by atoms with Crippen LogP contribution in [0.1, 0.15) is 21.6 Å². The van der Waals surface area contributed by atoms with Gasteiger partial charge in [0.1, 0.15) is 5.69 Å². The number of nitrogens with zero attached hydrogens (tertiary/aromatic N) is 1. The molecule has 18 heavy (non-hydrogen) atoms. The fraction of sp³-hybridized carbons (Fsp3) is 0.143. The van der Waals surface area contributed by atoms with E-state index >= 15 is 0 Å². The maximum absolute atomic E-state index is 11.9. The van der Waals surface area contributed by atoms with Gasteiger partial charge in [0, 0.05) is 18.4 Å². The van der Waals surface area contributed by atoms with Crippen molar-refractivity contribution in [2.45, 2.75) is 13.5 Å². The molecule has 0 aliphatic heterocycles. The monoisotopic (exact) mass is 241 g/mol.